The van der Waals surface area contributed by atoms with Crippen molar-refractivity contribution in [3.05, 3.63) is 35.4 Å². The Balaban J connectivity index is 2.06. The third-order valence-electron chi connectivity index (χ3n) is 3.61. The van der Waals surface area contributed by atoms with Crippen LogP contribution in [0.1, 0.15) is 37.4 Å². The first-order valence-electron chi connectivity index (χ1n) is 7.28. The molecule has 0 aliphatic carbocycles. The maximum atomic E-state index is 11.4. The summed E-state index contributed by atoms with van der Waals surface area (Å²) in [4.78, 5) is 0. The van der Waals surface area contributed by atoms with E-state index >= 15 is 0 Å². The van der Waals surface area contributed by atoms with Gasteiger partial charge in [0.05, 0.1) is 6.26 Å². The first-order chi connectivity index (χ1) is 9.77. The maximum absolute atomic E-state index is 11.4. The smallest absolute Gasteiger partial charge is 0.209 e. The Morgan fingerprint density at radius 2 is 2.05 bits per heavy atom. The summed E-state index contributed by atoms with van der Waals surface area (Å²) in [7, 11) is -3.20. The van der Waals surface area contributed by atoms with Crippen molar-refractivity contribution in [2.45, 2.75) is 38.4 Å². The van der Waals surface area contributed by atoms with Crippen LogP contribution >= 0.6 is 0 Å². The molecule has 0 fully saturated rings. The Kier molecular flexibility index (Phi) is 5.03. The molecule has 0 radical (unpaired) electrons. The van der Waals surface area contributed by atoms with Crippen LogP contribution in [-0.4, -0.2) is 33.3 Å². The molecule has 2 rings (SSSR count). The van der Waals surface area contributed by atoms with E-state index in [1.54, 1.807) is 0 Å². The molecule has 1 heterocycles. The zero-order chi connectivity index (χ0) is 15.5. The minimum atomic E-state index is -3.20. The summed E-state index contributed by atoms with van der Waals surface area (Å²) in [5.74, 6) is 0. The molecule has 0 spiro atoms. The predicted octanol–water partition coefficient (Wildman–Crippen LogP) is 1.14. The highest BCUT2D eigenvalue weighted by atomic mass is 32.2. The molecule has 1 atom stereocenters. The van der Waals surface area contributed by atoms with Crippen LogP contribution in [0.4, 0.5) is 0 Å². The van der Waals surface area contributed by atoms with Crippen LogP contribution in [0, 0.1) is 0 Å². The van der Waals surface area contributed by atoms with E-state index < -0.39 is 15.6 Å². The third-order valence-corrected chi connectivity index (χ3v) is 4.53. The highest BCUT2D eigenvalue weighted by Crippen LogP contribution is 2.23. The van der Waals surface area contributed by atoms with E-state index in [0.29, 0.717) is 6.54 Å². The minimum absolute atomic E-state index is 0.247. The van der Waals surface area contributed by atoms with Crippen LogP contribution in [0.2, 0.25) is 0 Å². The van der Waals surface area contributed by atoms with E-state index in [2.05, 4.69) is 39.6 Å². The third kappa shape index (κ3) is 5.07. The second kappa shape index (κ2) is 6.44. The highest BCUT2D eigenvalue weighted by molar-refractivity contribution is 7.88. The first kappa shape index (κ1) is 16.4. The van der Waals surface area contributed by atoms with Crippen LogP contribution in [0.15, 0.2) is 24.3 Å². The number of hydrogen-bond donors (Lipinski definition) is 3. The molecule has 1 aliphatic heterocycles. The molecule has 0 saturated heterocycles. The van der Waals surface area contributed by atoms with Crippen molar-refractivity contribution in [3.63, 3.8) is 0 Å². The number of hydrogen-bond acceptors (Lipinski definition) is 4. The quantitative estimate of drug-likeness (QED) is 0.763. The lowest BCUT2D eigenvalue weighted by Gasteiger charge is -2.29. The van der Waals surface area contributed by atoms with Crippen LogP contribution in [-0.2, 0) is 16.6 Å². The number of fused-ring (bicyclic) bond motifs is 1. The molecule has 0 amide bonds. The summed E-state index contributed by atoms with van der Waals surface area (Å²) in [6.07, 6.45) is 2.19. The fraction of sp³-hybridized carbons (Fsp3) is 0.600. The van der Waals surface area contributed by atoms with E-state index in [9.17, 15) is 8.42 Å². The van der Waals surface area contributed by atoms with Crippen LogP contribution < -0.4 is 15.4 Å². The molecule has 0 aromatic heterocycles. The fourth-order valence-corrected chi connectivity index (χ4v) is 3.86. The summed E-state index contributed by atoms with van der Waals surface area (Å²) >= 11 is 0. The summed E-state index contributed by atoms with van der Waals surface area (Å²) in [6, 6.07) is 8.65. The SMILES string of the molecule is CC(C)(CNC1CCNCc2ccccc21)NS(C)(=O)=O. The summed E-state index contributed by atoms with van der Waals surface area (Å²) in [5, 5.41) is 6.93. The minimum Gasteiger partial charge on any atom is -0.313 e. The van der Waals surface area contributed by atoms with Gasteiger partial charge in [0.15, 0.2) is 0 Å². The Bertz CT molecular complexity index is 584. The van der Waals surface area contributed by atoms with Gasteiger partial charge in [-0.05, 0) is 37.9 Å². The second-order valence-electron chi connectivity index (χ2n) is 6.36. The number of rotatable bonds is 5. The molecule has 1 aromatic carbocycles. The van der Waals surface area contributed by atoms with Gasteiger partial charge in [-0.2, -0.15) is 0 Å². The van der Waals surface area contributed by atoms with Gasteiger partial charge in [-0.15, -0.1) is 0 Å². The average molecular weight is 311 g/mol. The van der Waals surface area contributed by atoms with Crippen molar-refractivity contribution in [2.24, 2.45) is 0 Å². The Hall–Kier alpha value is -0.950. The lowest BCUT2D eigenvalue weighted by Crippen LogP contribution is -2.50. The summed E-state index contributed by atoms with van der Waals surface area (Å²) < 4.78 is 25.5. The van der Waals surface area contributed by atoms with Gasteiger partial charge in [0.2, 0.25) is 10.0 Å². The lowest BCUT2D eigenvalue weighted by atomic mass is 9.98. The topological polar surface area (TPSA) is 70.2 Å². The van der Waals surface area contributed by atoms with Gasteiger partial charge < -0.3 is 10.6 Å². The van der Waals surface area contributed by atoms with Crippen molar-refractivity contribution in [3.8, 4) is 0 Å². The van der Waals surface area contributed by atoms with Gasteiger partial charge in [-0.1, -0.05) is 24.3 Å². The fourth-order valence-electron chi connectivity index (χ4n) is 2.79. The van der Waals surface area contributed by atoms with Gasteiger partial charge in [-0.3, -0.25) is 0 Å². The average Bonchev–Trinajstić information content (AvgIpc) is 2.56. The molecule has 21 heavy (non-hydrogen) atoms. The zero-order valence-corrected chi connectivity index (χ0v) is 13.8. The maximum Gasteiger partial charge on any atom is 0.209 e. The van der Waals surface area contributed by atoms with Crippen molar-refractivity contribution in [2.75, 3.05) is 19.3 Å². The van der Waals surface area contributed by atoms with E-state index in [1.807, 2.05) is 13.8 Å². The first-order valence-corrected chi connectivity index (χ1v) is 9.17. The van der Waals surface area contributed by atoms with Crippen LogP contribution in [0.5, 0.6) is 0 Å². The Morgan fingerprint density at radius 3 is 2.76 bits per heavy atom. The molecule has 0 saturated carbocycles. The summed E-state index contributed by atoms with van der Waals surface area (Å²) in [6.45, 7) is 6.20. The Labute approximate surface area is 127 Å². The monoisotopic (exact) mass is 311 g/mol. The summed E-state index contributed by atoms with van der Waals surface area (Å²) in [5.41, 5.74) is 2.10. The number of sulfonamides is 1. The number of benzene rings is 1. The molecule has 6 heteroatoms. The molecule has 1 aliphatic rings. The van der Waals surface area contributed by atoms with Crippen LogP contribution in [0.25, 0.3) is 0 Å². The van der Waals surface area contributed by atoms with Crippen molar-refractivity contribution in [1.82, 2.24) is 15.4 Å². The molecule has 1 aromatic rings. The normalized spacial score (nSPS) is 19.9. The largest absolute Gasteiger partial charge is 0.313 e. The van der Waals surface area contributed by atoms with Gasteiger partial charge in [0.25, 0.3) is 0 Å². The van der Waals surface area contributed by atoms with Gasteiger partial charge >= 0.3 is 0 Å². The van der Waals surface area contributed by atoms with Crippen molar-refractivity contribution < 1.29 is 8.42 Å². The molecule has 3 N–H and O–H groups in total. The Morgan fingerprint density at radius 1 is 1.33 bits per heavy atom. The van der Waals surface area contributed by atoms with E-state index in [-0.39, 0.29) is 6.04 Å². The molecule has 118 valence electrons. The molecule has 0 bridgehead atoms. The standard InChI is InChI=1S/C15H25N3O2S/c1-15(2,18-21(3,19)20)11-17-14-8-9-16-10-12-6-4-5-7-13(12)14/h4-7,14,16-18H,8-11H2,1-3H3. The molecular weight excluding hydrogens is 286 g/mol. The molecule has 5 nitrogen and oxygen atoms in total. The van der Waals surface area contributed by atoms with Crippen molar-refractivity contribution in [1.29, 1.82) is 0 Å². The lowest BCUT2D eigenvalue weighted by molar-refractivity contribution is 0.382. The van der Waals surface area contributed by atoms with E-state index in [1.165, 1.54) is 17.4 Å². The van der Waals surface area contributed by atoms with Gasteiger partial charge in [-0.25, -0.2) is 13.1 Å². The second-order valence-corrected chi connectivity index (χ2v) is 8.10. The molecular formula is C15H25N3O2S. The van der Waals surface area contributed by atoms with E-state index in [0.717, 1.165) is 19.5 Å². The van der Waals surface area contributed by atoms with Gasteiger partial charge in [0, 0.05) is 24.7 Å². The predicted molar refractivity (Wildman–Crippen MR) is 85.6 cm³/mol. The number of nitrogens with one attached hydrogen (secondary N) is 3. The van der Waals surface area contributed by atoms with Crippen molar-refractivity contribution >= 4 is 10.0 Å². The molecule has 1 unspecified atom stereocenters. The zero-order valence-electron chi connectivity index (χ0n) is 12.9. The van der Waals surface area contributed by atoms with E-state index in [4.69, 9.17) is 0 Å². The van der Waals surface area contributed by atoms with Gasteiger partial charge in [0.1, 0.15) is 0 Å². The van der Waals surface area contributed by atoms with Crippen LogP contribution in [0.3, 0.4) is 0 Å². The highest BCUT2D eigenvalue weighted by Gasteiger charge is 2.25.